The summed E-state index contributed by atoms with van der Waals surface area (Å²) in [6, 6.07) is 11.2. The van der Waals surface area contributed by atoms with Gasteiger partial charge in [0.25, 0.3) is 0 Å². The van der Waals surface area contributed by atoms with Crippen molar-refractivity contribution in [3.8, 4) is 11.5 Å². The van der Waals surface area contributed by atoms with Gasteiger partial charge in [-0.05, 0) is 54.8 Å². The van der Waals surface area contributed by atoms with Gasteiger partial charge < -0.3 is 20.1 Å². The number of hydrogen-bond donors (Lipinski definition) is 2. The van der Waals surface area contributed by atoms with Gasteiger partial charge in [0.05, 0.1) is 14.2 Å². The van der Waals surface area contributed by atoms with E-state index in [1.165, 1.54) is 0 Å². The second kappa shape index (κ2) is 8.59. The molecule has 6 heteroatoms. The highest BCUT2D eigenvalue weighted by Gasteiger charge is 2.07. The van der Waals surface area contributed by atoms with Crippen LogP contribution in [-0.2, 0) is 6.42 Å². The Morgan fingerprint density at radius 2 is 1.83 bits per heavy atom. The van der Waals surface area contributed by atoms with Crippen molar-refractivity contribution in [2.75, 3.05) is 26.1 Å². The highest BCUT2D eigenvalue weighted by atomic mass is 79.9. The summed E-state index contributed by atoms with van der Waals surface area (Å²) in [4.78, 5) is 12.0. The SMILES string of the molecule is COc1ccc(CCNC(=O)Nc2ccc(Br)cc2C)cc1OC. The van der Waals surface area contributed by atoms with Gasteiger partial charge in [0.1, 0.15) is 0 Å². The lowest BCUT2D eigenvalue weighted by atomic mass is 10.1. The van der Waals surface area contributed by atoms with Crippen LogP contribution in [0.4, 0.5) is 10.5 Å². The predicted molar refractivity (Wildman–Crippen MR) is 99.2 cm³/mol. The number of carbonyl (C=O) groups is 1. The minimum Gasteiger partial charge on any atom is -0.493 e. The predicted octanol–water partition coefficient (Wildman–Crippen LogP) is 4.14. The van der Waals surface area contributed by atoms with Crippen molar-refractivity contribution in [3.63, 3.8) is 0 Å². The Labute approximate surface area is 150 Å². The number of nitrogens with one attached hydrogen (secondary N) is 2. The van der Waals surface area contributed by atoms with E-state index in [0.717, 1.165) is 21.3 Å². The van der Waals surface area contributed by atoms with Gasteiger partial charge in [0.2, 0.25) is 0 Å². The standard InChI is InChI=1S/C18H21BrN2O3/c1-12-10-14(19)5-6-15(12)21-18(22)20-9-8-13-4-7-16(23-2)17(11-13)24-3/h4-7,10-11H,8-9H2,1-3H3,(H2,20,21,22). The van der Waals surface area contributed by atoms with Crippen LogP contribution in [0.5, 0.6) is 11.5 Å². The first-order valence-corrected chi connectivity index (χ1v) is 8.34. The Hall–Kier alpha value is -2.21. The zero-order valence-corrected chi connectivity index (χ0v) is 15.6. The number of hydrogen-bond acceptors (Lipinski definition) is 3. The van der Waals surface area contributed by atoms with Crippen molar-refractivity contribution in [2.45, 2.75) is 13.3 Å². The zero-order chi connectivity index (χ0) is 17.5. The number of carbonyl (C=O) groups excluding carboxylic acids is 1. The third-order valence-corrected chi connectivity index (χ3v) is 4.08. The van der Waals surface area contributed by atoms with E-state index in [4.69, 9.17) is 9.47 Å². The van der Waals surface area contributed by atoms with Crippen LogP contribution in [0.25, 0.3) is 0 Å². The topological polar surface area (TPSA) is 59.6 Å². The lowest BCUT2D eigenvalue weighted by Gasteiger charge is -2.11. The molecule has 128 valence electrons. The zero-order valence-electron chi connectivity index (χ0n) is 14.0. The molecule has 0 unspecified atom stereocenters. The van der Waals surface area contributed by atoms with E-state index in [9.17, 15) is 4.79 Å². The first kappa shape index (κ1) is 18.1. The highest BCUT2D eigenvalue weighted by molar-refractivity contribution is 9.10. The summed E-state index contributed by atoms with van der Waals surface area (Å²) in [7, 11) is 3.21. The van der Waals surface area contributed by atoms with Crippen LogP contribution in [0.3, 0.4) is 0 Å². The molecule has 0 aliphatic rings. The maximum atomic E-state index is 12.0. The van der Waals surface area contributed by atoms with Gasteiger partial charge in [-0.1, -0.05) is 22.0 Å². The molecule has 2 N–H and O–H groups in total. The Balaban J connectivity index is 1.86. The van der Waals surface area contributed by atoms with E-state index in [2.05, 4.69) is 26.6 Å². The first-order valence-electron chi connectivity index (χ1n) is 7.55. The molecule has 2 amide bonds. The molecule has 0 aliphatic carbocycles. The van der Waals surface area contributed by atoms with Crippen molar-refractivity contribution in [1.82, 2.24) is 5.32 Å². The van der Waals surface area contributed by atoms with Crippen LogP contribution < -0.4 is 20.1 Å². The summed E-state index contributed by atoms with van der Waals surface area (Å²) < 4.78 is 11.5. The van der Waals surface area contributed by atoms with Crippen molar-refractivity contribution in [2.24, 2.45) is 0 Å². The molecule has 5 nitrogen and oxygen atoms in total. The summed E-state index contributed by atoms with van der Waals surface area (Å²) in [5, 5.41) is 5.70. The van der Waals surface area contributed by atoms with Gasteiger partial charge in [-0.25, -0.2) is 4.79 Å². The number of ether oxygens (including phenoxy) is 2. The lowest BCUT2D eigenvalue weighted by molar-refractivity contribution is 0.252. The van der Waals surface area contributed by atoms with Crippen molar-refractivity contribution < 1.29 is 14.3 Å². The second-order valence-electron chi connectivity index (χ2n) is 5.28. The highest BCUT2D eigenvalue weighted by Crippen LogP contribution is 2.27. The van der Waals surface area contributed by atoms with Crippen molar-refractivity contribution >= 4 is 27.6 Å². The summed E-state index contributed by atoms with van der Waals surface area (Å²) in [6.07, 6.45) is 0.701. The van der Waals surface area contributed by atoms with E-state index < -0.39 is 0 Å². The van der Waals surface area contributed by atoms with E-state index in [1.807, 2.05) is 43.3 Å². The molecule has 2 aromatic rings. The number of aryl methyl sites for hydroxylation is 1. The fourth-order valence-corrected chi connectivity index (χ4v) is 2.77. The molecule has 0 bridgehead atoms. The van der Waals surface area contributed by atoms with Gasteiger partial charge >= 0.3 is 6.03 Å². The molecule has 0 saturated heterocycles. The van der Waals surface area contributed by atoms with Gasteiger partial charge in [0, 0.05) is 16.7 Å². The smallest absolute Gasteiger partial charge is 0.319 e. The molecular weight excluding hydrogens is 372 g/mol. The molecular formula is C18H21BrN2O3. The molecule has 0 aliphatic heterocycles. The maximum absolute atomic E-state index is 12.0. The van der Waals surface area contributed by atoms with Gasteiger partial charge in [-0.3, -0.25) is 0 Å². The Morgan fingerprint density at radius 3 is 2.50 bits per heavy atom. The number of anilines is 1. The molecule has 0 fully saturated rings. The summed E-state index contributed by atoms with van der Waals surface area (Å²) in [6.45, 7) is 2.47. The maximum Gasteiger partial charge on any atom is 0.319 e. The molecule has 0 radical (unpaired) electrons. The molecule has 2 rings (SSSR count). The third-order valence-electron chi connectivity index (χ3n) is 3.58. The number of rotatable bonds is 6. The van der Waals surface area contributed by atoms with Gasteiger partial charge in [-0.15, -0.1) is 0 Å². The third kappa shape index (κ3) is 4.89. The number of halogens is 1. The molecule has 0 heterocycles. The quantitative estimate of drug-likeness (QED) is 0.776. The van der Waals surface area contributed by atoms with Crippen LogP contribution in [-0.4, -0.2) is 26.8 Å². The van der Waals surface area contributed by atoms with Crippen molar-refractivity contribution in [3.05, 3.63) is 52.0 Å². The monoisotopic (exact) mass is 392 g/mol. The summed E-state index contributed by atoms with van der Waals surface area (Å²) >= 11 is 3.40. The van der Waals surface area contributed by atoms with Gasteiger partial charge in [0.15, 0.2) is 11.5 Å². The fraction of sp³-hybridized carbons (Fsp3) is 0.278. The number of amides is 2. The molecule has 24 heavy (non-hydrogen) atoms. The molecule has 2 aromatic carbocycles. The lowest BCUT2D eigenvalue weighted by Crippen LogP contribution is -2.30. The first-order chi connectivity index (χ1) is 11.5. The molecule has 0 saturated carbocycles. The second-order valence-corrected chi connectivity index (χ2v) is 6.20. The summed E-state index contributed by atoms with van der Waals surface area (Å²) in [5.41, 5.74) is 2.86. The average Bonchev–Trinajstić information content (AvgIpc) is 2.57. The molecule has 0 spiro atoms. The van der Waals surface area contributed by atoms with Crippen LogP contribution in [0.2, 0.25) is 0 Å². The Bertz CT molecular complexity index is 719. The molecule has 0 atom stereocenters. The van der Waals surface area contributed by atoms with E-state index in [-0.39, 0.29) is 6.03 Å². The van der Waals surface area contributed by atoms with E-state index in [0.29, 0.717) is 24.5 Å². The van der Waals surface area contributed by atoms with Crippen LogP contribution in [0, 0.1) is 6.92 Å². The van der Waals surface area contributed by atoms with Gasteiger partial charge in [-0.2, -0.15) is 0 Å². The minimum atomic E-state index is -0.221. The van der Waals surface area contributed by atoms with Crippen LogP contribution in [0.1, 0.15) is 11.1 Å². The fourth-order valence-electron chi connectivity index (χ4n) is 2.29. The van der Waals surface area contributed by atoms with E-state index in [1.54, 1.807) is 14.2 Å². The number of benzene rings is 2. The average molecular weight is 393 g/mol. The Kier molecular flexibility index (Phi) is 6.49. The minimum absolute atomic E-state index is 0.221. The summed E-state index contributed by atoms with van der Waals surface area (Å²) in [5.74, 6) is 1.38. The van der Waals surface area contributed by atoms with Crippen LogP contribution in [0.15, 0.2) is 40.9 Å². The molecule has 0 aromatic heterocycles. The van der Waals surface area contributed by atoms with Crippen molar-refractivity contribution in [1.29, 1.82) is 0 Å². The number of methoxy groups -OCH3 is 2. The normalized spacial score (nSPS) is 10.2. The number of urea groups is 1. The van der Waals surface area contributed by atoms with Crippen LogP contribution >= 0.6 is 15.9 Å². The van der Waals surface area contributed by atoms with E-state index >= 15 is 0 Å². The largest absolute Gasteiger partial charge is 0.493 e. The Morgan fingerprint density at radius 1 is 1.08 bits per heavy atom.